The van der Waals surface area contributed by atoms with Gasteiger partial charge in [-0.25, -0.2) is 22.2 Å². The number of halogens is 3. The van der Waals surface area contributed by atoms with Gasteiger partial charge in [-0.15, -0.1) is 0 Å². The fourth-order valence-electron chi connectivity index (χ4n) is 3.56. The number of hydrogen-bond acceptors (Lipinski definition) is 6. The van der Waals surface area contributed by atoms with Gasteiger partial charge in [0.2, 0.25) is 0 Å². The predicted octanol–water partition coefficient (Wildman–Crippen LogP) is 3.98. The average Bonchev–Trinajstić information content (AvgIpc) is 2.73. The molecule has 0 saturated heterocycles. The Bertz CT molecular complexity index is 1250. The highest BCUT2D eigenvalue weighted by atomic mass is 35.5. The predicted molar refractivity (Wildman–Crippen MR) is 125 cm³/mol. The number of alkyl halides is 1. The minimum atomic E-state index is -3.97. The number of rotatable bonds is 5. The van der Waals surface area contributed by atoms with E-state index in [1.807, 2.05) is 13.8 Å². The molecule has 178 valence electrons. The summed E-state index contributed by atoms with van der Waals surface area (Å²) in [5, 5.41) is 2.98. The van der Waals surface area contributed by atoms with Crippen molar-refractivity contribution in [1.82, 2.24) is 4.98 Å². The van der Waals surface area contributed by atoms with Crippen molar-refractivity contribution < 1.29 is 22.0 Å². The number of carbonyl (C=O) groups excluding carboxylic acids is 1. The molecule has 1 aliphatic heterocycles. The number of benzene rings is 1. The van der Waals surface area contributed by atoms with Crippen LogP contribution in [0.3, 0.4) is 0 Å². The number of hydrogen-bond donors (Lipinski definition) is 2. The maximum absolute atomic E-state index is 14.8. The van der Waals surface area contributed by atoms with Crippen LogP contribution >= 0.6 is 11.6 Å². The minimum absolute atomic E-state index is 0.0522. The molecule has 1 aromatic carbocycles. The van der Waals surface area contributed by atoms with E-state index in [0.29, 0.717) is 10.6 Å². The standard InChI is InChI=1S/C22H25ClF2N4O3S/c1-12(2)15-7-13(23)9-27-18(15)19(30)28-14-5-6-17(25)16(8-14)22(10-24)11-33(31,32)21(3,4)20(26)29-22/h5-9,12H,10-11H2,1-4H3,(H2,26,29)(H,28,30). The Hall–Kier alpha value is -2.59. The summed E-state index contributed by atoms with van der Waals surface area (Å²) >= 11 is 5.99. The lowest BCUT2D eigenvalue weighted by Gasteiger charge is -2.38. The quantitative estimate of drug-likeness (QED) is 0.647. The van der Waals surface area contributed by atoms with Crippen LogP contribution in [0.2, 0.25) is 5.02 Å². The van der Waals surface area contributed by atoms with Crippen LogP contribution in [0.1, 0.15) is 55.2 Å². The van der Waals surface area contributed by atoms with Gasteiger partial charge >= 0.3 is 0 Å². The molecule has 11 heteroatoms. The summed E-state index contributed by atoms with van der Waals surface area (Å²) in [6.07, 6.45) is 1.34. The molecule has 0 spiro atoms. The van der Waals surface area contributed by atoms with E-state index in [1.54, 1.807) is 6.07 Å². The molecule has 1 aromatic heterocycles. The van der Waals surface area contributed by atoms with Crippen molar-refractivity contribution in [3.05, 3.63) is 58.1 Å². The Labute approximate surface area is 196 Å². The Kier molecular flexibility index (Phi) is 6.56. The Morgan fingerprint density at radius 3 is 2.55 bits per heavy atom. The Balaban J connectivity index is 2.05. The van der Waals surface area contributed by atoms with Crippen LogP contribution in [-0.4, -0.2) is 42.3 Å². The Morgan fingerprint density at radius 1 is 1.30 bits per heavy atom. The van der Waals surface area contributed by atoms with Gasteiger partial charge in [-0.1, -0.05) is 25.4 Å². The van der Waals surface area contributed by atoms with Crippen molar-refractivity contribution in [1.29, 1.82) is 0 Å². The minimum Gasteiger partial charge on any atom is -0.386 e. The number of aromatic nitrogens is 1. The summed E-state index contributed by atoms with van der Waals surface area (Å²) in [4.78, 5) is 21.1. The highest BCUT2D eigenvalue weighted by Gasteiger charge is 2.52. The van der Waals surface area contributed by atoms with Gasteiger partial charge in [0, 0.05) is 17.4 Å². The van der Waals surface area contributed by atoms with Crippen molar-refractivity contribution in [2.24, 2.45) is 10.7 Å². The topological polar surface area (TPSA) is 115 Å². The molecule has 7 nitrogen and oxygen atoms in total. The normalized spacial score (nSPS) is 21.5. The summed E-state index contributed by atoms with van der Waals surface area (Å²) < 4.78 is 53.2. The van der Waals surface area contributed by atoms with Crippen molar-refractivity contribution in [3.8, 4) is 0 Å². The second-order valence-corrected chi connectivity index (χ2v) is 11.8. The fourth-order valence-corrected chi connectivity index (χ4v) is 5.38. The average molecular weight is 499 g/mol. The zero-order valence-corrected chi connectivity index (χ0v) is 20.2. The second kappa shape index (κ2) is 8.64. The maximum Gasteiger partial charge on any atom is 0.274 e. The molecule has 2 aromatic rings. The fraction of sp³-hybridized carbons (Fsp3) is 0.409. The number of amidine groups is 1. The van der Waals surface area contributed by atoms with Crippen LogP contribution in [0.4, 0.5) is 14.5 Å². The third-order valence-corrected chi connectivity index (χ3v) is 8.65. The van der Waals surface area contributed by atoms with Crippen LogP contribution in [0.5, 0.6) is 0 Å². The third kappa shape index (κ3) is 4.46. The van der Waals surface area contributed by atoms with Gasteiger partial charge < -0.3 is 11.1 Å². The van der Waals surface area contributed by atoms with Gasteiger partial charge in [-0.05, 0) is 49.6 Å². The zero-order valence-electron chi connectivity index (χ0n) is 18.6. The molecule has 1 atom stereocenters. The number of nitrogens with two attached hydrogens (primary N) is 1. The van der Waals surface area contributed by atoms with Crippen LogP contribution in [-0.2, 0) is 15.4 Å². The first-order valence-corrected chi connectivity index (χ1v) is 12.2. The molecular weight excluding hydrogens is 474 g/mol. The SMILES string of the molecule is CC(C)c1cc(Cl)cnc1C(=O)Nc1ccc(F)c(C2(CF)CS(=O)(=O)C(C)(C)C(N)=N2)c1. The summed E-state index contributed by atoms with van der Waals surface area (Å²) in [6, 6.07) is 5.10. The first-order chi connectivity index (χ1) is 15.2. The number of nitrogens with one attached hydrogen (secondary N) is 1. The lowest BCUT2D eigenvalue weighted by molar-refractivity contribution is 0.102. The van der Waals surface area contributed by atoms with Crippen LogP contribution in [0.25, 0.3) is 0 Å². The number of amides is 1. The van der Waals surface area contributed by atoms with Gasteiger partial charge in [-0.2, -0.15) is 0 Å². The lowest BCUT2D eigenvalue weighted by Crippen LogP contribution is -2.56. The summed E-state index contributed by atoms with van der Waals surface area (Å²) in [5.74, 6) is -2.59. The summed E-state index contributed by atoms with van der Waals surface area (Å²) in [7, 11) is -3.97. The molecule has 1 unspecified atom stereocenters. The van der Waals surface area contributed by atoms with E-state index in [-0.39, 0.29) is 28.7 Å². The molecule has 3 N–H and O–H groups in total. The van der Waals surface area contributed by atoms with Crippen molar-refractivity contribution in [2.45, 2.75) is 43.9 Å². The summed E-state index contributed by atoms with van der Waals surface area (Å²) in [6.45, 7) is 5.17. The van der Waals surface area contributed by atoms with Crippen molar-refractivity contribution in [2.75, 3.05) is 17.7 Å². The summed E-state index contributed by atoms with van der Waals surface area (Å²) in [5.41, 5.74) is 4.34. The molecule has 0 fully saturated rings. The van der Waals surface area contributed by atoms with E-state index in [0.717, 1.165) is 6.07 Å². The first kappa shape index (κ1) is 25.0. The van der Waals surface area contributed by atoms with E-state index in [1.165, 1.54) is 32.2 Å². The van der Waals surface area contributed by atoms with Gasteiger partial charge in [-0.3, -0.25) is 9.79 Å². The van der Waals surface area contributed by atoms with Gasteiger partial charge in [0.25, 0.3) is 5.91 Å². The molecule has 1 aliphatic rings. The largest absolute Gasteiger partial charge is 0.386 e. The van der Waals surface area contributed by atoms with E-state index < -0.39 is 44.3 Å². The molecule has 1 amide bonds. The molecule has 0 radical (unpaired) electrons. The van der Waals surface area contributed by atoms with Crippen molar-refractivity contribution in [3.63, 3.8) is 0 Å². The molecule has 2 heterocycles. The van der Waals surface area contributed by atoms with Crippen LogP contribution < -0.4 is 11.1 Å². The first-order valence-electron chi connectivity index (χ1n) is 10.1. The second-order valence-electron chi connectivity index (χ2n) is 8.83. The van der Waals surface area contributed by atoms with E-state index in [9.17, 15) is 22.0 Å². The van der Waals surface area contributed by atoms with Gasteiger partial charge in [0.15, 0.2) is 9.84 Å². The molecular formula is C22H25ClF2N4O3S. The van der Waals surface area contributed by atoms with Gasteiger partial charge in [0.1, 0.15) is 34.3 Å². The number of pyridine rings is 1. The maximum atomic E-state index is 14.8. The van der Waals surface area contributed by atoms with Crippen LogP contribution in [0.15, 0.2) is 35.5 Å². The zero-order chi connectivity index (χ0) is 24.8. The number of anilines is 1. The molecule has 0 bridgehead atoms. The number of sulfone groups is 1. The van der Waals surface area contributed by atoms with E-state index in [4.69, 9.17) is 17.3 Å². The van der Waals surface area contributed by atoms with Gasteiger partial charge in [0.05, 0.1) is 10.8 Å². The molecule has 3 rings (SSSR count). The lowest BCUT2D eigenvalue weighted by atomic mass is 9.91. The monoisotopic (exact) mass is 498 g/mol. The highest BCUT2D eigenvalue weighted by molar-refractivity contribution is 7.93. The Morgan fingerprint density at radius 2 is 1.97 bits per heavy atom. The number of carbonyl (C=O) groups is 1. The smallest absolute Gasteiger partial charge is 0.274 e. The highest BCUT2D eigenvalue weighted by Crippen LogP contribution is 2.39. The molecule has 0 aliphatic carbocycles. The third-order valence-electron chi connectivity index (χ3n) is 5.83. The van der Waals surface area contributed by atoms with Crippen LogP contribution in [0, 0.1) is 5.82 Å². The van der Waals surface area contributed by atoms with E-state index in [2.05, 4.69) is 15.3 Å². The van der Waals surface area contributed by atoms with Crippen molar-refractivity contribution >= 4 is 38.9 Å². The number of nitrogens with zero attached hydrogens (tertiary/aromatic N) is 2. The number of aliphatic imine (C=N–C) groups is 1. The molecule has 0 saturated carbocycles. The molecule has 33 heavy (non-hydrogen) atoms. The van der Waals surface area contributed by atoms with E-state index >= 15 is 0 Å².